The number of sulfonamides is 1. The number of pyridine rings is 1. The Bertz CT molecular complexity index is 652. The summed E-state index contributed by atoms with van der Waals surface area (Å²) >= 11 is 0. The number of aryl methyl sites for hydroxylation is 1. The number of aromatic nitrogens is 3. The largest absolute Gasteiger partial charge is 0.408 e. The SMILES string of the molecule is CNc1cc(S(=O)(=O)Nc2nnc(C)o2)ccn1. The van der Waals surface area contributed by atoms with Gasteiger partial charge in [0.05, 0.1) is 4.90 Å². The second kappa shape index (κ2) is 4.61. The van der Waals surface area contributed by atoms with Gasteiger partial charge < -0.3 is 9.73 Å². The minimum atomic E-state index is -3.76. The van der Waals surface area contributed by atoms with Crippen molar-refractivity contribution in [3.05, 3.63) is 24.2 Å². The zero-order chi connectivity index (χ0) is 13.2. The van der Waals surface area contributed by atoms with Crippen molar-refractivity contribution in [1.29, 1.82) is 0 Å². The smallest absolute Gasteiger partial charge is 0.329 e. The van der Waals surface area contributed by atoms with Crippen LogP contribution >= 0.6 is 0 Å². The van der Waals surface area contributed by atoms with Gasteiger partial charge in [0.1, 0.15) is 5.82 Å². The second-order valence-electron chi connectivity index (χ2n) is 3.36. The molecule has 2 N–H and O–H groups in total. The van der Waals surface area contributed by atoms with Crippen LogP contribution in [-0.2, 0) is 10.0 Å². The molecule has 0 aromatic carbocycles. The first-order valence-corrected chi connectivity index (χ1v) is 6.46. The Morgan fingerprint density at radius 1 is 1.33 bits per heavy atom. The summed E-state index contributed by atoms with van der Waals surface area (Å²) in [6, 6.07) is 2.59. The summed E-state index contributed by atoms with van der Waals surface area (Å²) in [5, 5.41) is 9.84. The summed E-state index contributed by atoms with van der Waals surface area (Å²) in [5.41, 5.74) is 0. The Kier molecular flexibility index (Phi) is 3.15. The zero-order valence-corrected chi connectivity index (χ0v) is 10.5. The maximum Gasteiger partial charge on any atom is 0.329 e. The van der Waals surface area contributed by atoms with Gasteiger partial charge in [-0.25, -0.2) is 18.1 Å². The van der Waals surface area contributed by atoms with Crippen LogP contribution in [0.15, 0.2) is 27.6 Å². The topological polar surface area (TPSA) is 110 Å². The minimum absolute atomic E-state index is 0.0534. The highest BCUT2D eigenvalue weighted by Crippen LogP contribution is 2.16. The van der Waals surface area contributed by atoms with Gasteiger partial charge in [-0.2, -0.15) is 0 Å². The first-order valence-electron chi connectivity index (χ1n) is 4.98. The van der Waals surface area contributed by atoms with Crippen LogP contribution in [0, 0.1) is 6.92 Å². The predicted molar refractivity (Wildman–Crippen MR) is 63.6 cm³/mol. The molecule has 2 aromatic rings. The quantitative estimate of drug-likeness (QED) is 0.836. The van der Waals surface area contributed by atoms with Crippen molar-refractivity contribution in [2.75, 3.05) is 17.1 Å². The van der Waals surface area contributed by atoms with Crippen molar-refractivity contribution in [2.45, 2.75) is 11.8 Å². The van der Waals surface area contributed by atoms with Gasteiger partial charge in [-0.1, -0.05) is 5.10 Å². The van der Waals surface area contributed by atoms with Gasteiger partial charge in [0.25, 0.3) is 10.0 Å². The van der Waals surface area contributed by atoms with Crippen LogP contribution in [0.25, 0.3) is 0 Å². The molecule has 0 spiro atoms. The summed E-state index contributed by atoms with van der Waals surface area (Å²) < 4.78 is 31.1. The van der Waals surface area contributed by atoms with Crippen LogP contribution < -0.4 is 10.0 Å². The van der Waals surface area contributed by atoms with E-state index < -0.39 is 10.0 Å². The molecule has 0 aliphatic rings. The summed E-state index contributed by atoms with van der Waals surface area (Å²) in [4.78, 5) is 3.98. The lowest BCUT2D eigenvalue weighted by atomic mass is 10.5. The highest BCUT2D eigenvalue weighted by molar-refractivity contribution is 7.92. The Morgan fingerprint density at radius 3 is 2.72 bits per heavy atom. The third-order valence-corrected chi connectivity index (χ3v) is 3.36. The van der Waals surface area contributed by atoms with Gasteiger partial charge in [-0.15, -0.1) is 5.10 Å². The highest BCUT2D eigenvalue weighted by Gasteiger charge is 2.17. The highest BCUT2D eigenvalue weighted by atomic mass is 32.2. The fourth-order valence-electron chi connectivity index (χ4n) is 1.23. The average Bonchev–Trinajstić information content (AvgIpc) is 2.74. The molecule has 0 atom stereocenters. The van der Waals surface area contributed by atoms with Crippen molar-refractivity contribution in [3.8, 4) is 0 Å². The lowest BCUT2D eigenvalue weighted by Gasteiger charge is -2.05. The number of hydrogen-bond acceptors (Lipinski definition) is 7. The third kappa shape index (κ3) is 2.56. The molecule has 0 saturated heterocycles. The maximum absolute atomic E-state index is 12.0. The van der Waals surface area contributed by atoms with Gasteiger partial charge in [0, 0.05) is 26.2 Å². The van der Waals surface area contributed by atoms with Crippen LogP contribution in [-0.4, -0.2) is 30.6 Å². The molecule has 0 bridgehead atoms. The van der Waals surface area contributed by atoms with E-state index in [4.69, 9.17) is 4.42 Å². The second-order valence-corrected chi connectivity index (χ2v) is 5.04. The predicted octanol–water partition coefficient (Wildman–Crippen LogP) is 0.616. The number of anilines is 2. The molecule has 2 aromatic heterocycles. The van der Waals surface area contributed by atoms with Crippen molar-refractivity contribution in [2.24, 2.45) is 0 Å². The third-order valence-electron chi connectivity index (χ3n) is 2.05. The van der Waals surface area contributed by atoms with Crippen molar-refractivity contribution < 1.29 is 12.8 Å². The number of nitrogens with zero attached hydrogens (tertiary/aromatic N) is 3. The molecule has 9 heteroatoms. The van der Waals surface area contributed by atoms with E-state index >= 15 is 0 Å². The number of nitrogens with one attached hydrogen (secondary N) is 2. The summed E-state index contributed by atoms with van der Waals surface area (Å²) in [6.45, 7) is 1.57. The molecule has 0 radical (unpaired) electrons. The first kappa shape index (κ1) is 12.3. The van der Waals surface area contributed by atoms with Gasteiger partial charge in [0.2, 0.25) is 5.89 Å². The maximum atomic E-state index is 12.0. The van der Waals surface area contributed by atoms with Crippen LogP contribution in [0.4, 0.5) is 11.8 Å². The molecule has 2 rings (SSSR count). The van der Waals surface area contributed by atoms with E-state index in [1.54, 1.807) is 14.0 Å². The fourth-order valence-corrected chi connectivity index (χ4v) is 2.16. The van der Waals surface area contributed by atoms with Crippen LogP contribution in [0.5, 0.6) is 0 Å². The molecule has 8 nitrogen and oxygen atoms in total. The van der Waals surface area contributed by atoms with E-state index in [1.165, 1.54) is 18.3 Å². The van der Waals surface area contributed by atoms with Crippen molar-refractivity contribution in [3.63, 3.8) is 0 Å². The Morgan fingerprint density at radius 2 is 2.11 bits per heavy atom. The van der Waals surface area contributed by atoms with Crippen LogP contribution in [0.2, 0.25) is 0 Å². The Balaban J connectivity index is 2.30. The molecule has 18 heavy (non-hydrogen) atoms. The molecular weight excluding hydrogens is 258 g/mol. The summed E-state index contributed by atoms with van der Waals surface area (Å²) in [6.07, 6.45) is 1.39. The molecule has 0 aliphatic carbocycles. The van der Waals surface area contributed by atoms with Crippen LogP contribution in [0.3, 0.4) is 0 Å². The Labute approximate surface area is 104 Å². The molecule has 0 unspecified atom stereocenters. The lowest BCUT2D eigenvalue weighted by molar-refractivity contribution is 0.534. The van der Waals surface area contributed by atoms with Crippen molar-refractivity contribution >= 4 is 21.9 Å². The normalized spacial score (nSPS) is 11.2. The van der Waals surface area contributed by atoms with Gasteiger partial charge in [-0.3, -0.25) is 0 Å². The lowest BCUT2D eigenvalue weighted by Crippen LogP contribution is -2.13. The van der Waals surface area contributed by atoms with Gasteiger partial charge in [-0.05, 0) is 6.07 Å². The standard InChI is InChI=1S/C9H11N5O3S/c1-6-12-13-9(17-6)14-18(15,16)7-3-4-11-8(5-7)10-2/h3-5H,1-2H3,(H,10,11)(H,13,14). The van der Waals surface area contributed by atoms with E-state index in [9.17, 15) is 8.42 Å². The van der Waals surface area contributed by atoms with Crippen LogP contribution in [0.1, 0.15) is 5.89 Å². The molecule has 0 amide bonds. The van der Waals surface area contributed by atoms with E-state index in [0.29, 0.717) is 5.82 Å². The summed E-state index contributed by atoms with van der Waals surface area (Å²) in [7, 11) is -2.11. The van der Waals surface area contributed by atoms with Gasteiger partial charge >= 0.3 is 6.01 Å². The molecule has 0 aliphatic heterocycles. The molecule has 96 valence electrons. The van der Waals surface area contributed by atoms with E-state index in [2.05, 4.69) is 25.2 Å². The minimum Gasteiger partial charge on any atom is -0.408 e. The monoisotopic (exact) mass is 269 g/mol. The fraction of sp³-hybridized carbons (Fsp3) is 0.222. The molecule has 2 heterocycles. The molecule has 0 saturated carbocycles. The summed E-state index contributed by atoms with van der Waals surface area (Å²) in [5.74, 6) is 0.720. The van der Waals surface area contributed by atoms with Crippen molar-refractivity contribution in [1.82, 2.24) is 15.2 Å². The molecular formula is C9H11N5O3S. The number of rotatable bonds is 4. The van der Waals surface area contributed by atoms with E-state index in [0.717, 1.165) is 0 Å². The van der Waals surface area contributed by atoms with Gasteiger partial charge in [0.15, 0.2) is 0 Å². The number of hydrogen-bond donors (Lipinski definition) is 2. The Hall–Kier alpha value is -2.16. The average molecular weight is 269 g/mol. The zero-order valence-electron chi connectivity index (χ0n) is 9.71. The van der Waals surface area contributed by atoms with E-state index in [-0.39, 0.29) is 16.8 Å². The first-order chi connectivity index (χ1) is 8.51. The van der Waals surface area contributed by atoms with E-state index in [1.807, 2.05) is 0 Å². The molecule has 0 fully saturated rings.